The standard InChI is InChI=1S/C46H29N3/c1-3-11-30(12-4-1)31-19-21-35(22-20-31)46-45(34-15-5-2-6-16-34)47-39-26-25-36(29-40(39)48-46)49-41-27-23-32-13-7-9-17-37(32)43(41)44-38-18-10-8-14-33(38)24-28-42(44)49/h1-29H. The molecule has 0 amide bonds. The van der Waals surface area contributed by atoms with Crippen LogP contribution in [-0.2, 0) is 0 Å². The zero-order valence-electron chi connectivity index (χ0n) is 26.6. The van der Waals surface area contributed by atoms with Crippen LogP contribution in [0.3, 0.4) is 0 Å². The van der Waals surface area contributed by atoms with Crippen LogP contribution in [0.1, 0.15) is 0 Å². The van der Waals surface area contributed by atoms with Gasteiger partial charge in [0.15, 0.2) is 0 Å². The van der Waals surface area contributed by atoms with Gasteiger partial charge in [-0.15, -0.1) is 0 Å². The molecule has 0 bridgehead atoms. The number of rotatable bonds is 4. The molecular formula is C46H29N3. The largest absolute Gasteiger partial charge is 0.309 e. The molecule has 228 valence electrons. The zero-order valence-corrected chi connectivity index (χ0v) is 26.6. The summed E-state index contributed by atoms with van der Waals surface area (Å²) in [5, 5.41) is 7.54. The molecule has 49 heavy (non-hydrogen) atoms. The maximum absolute atomic E-state index is 5.38. The van der Waals surface area contributed by atoms with E-state index in [-0.39, 0.29) is 0 Å². The second kappa shape index (κ2) is 11.0. The Labute approximate surface area is 283 Å². The molecular weight excluding hydrogens is 595 g/mol. The van der Waals surface area contributed by atoms with Crippen molar-refractivity contribution in [2.24, 2.45) is 0 Å². The van der Waals surface area contributed by atoms with Gasteiger partial charge in [0, 0.05) is 27.6 Å². The first-order valence-electron chi connectivity index (χ1n) is 16.7. The lowest BCUT2D eigenvalue weighted by molar-refractivity contribution is 1.18. The lowest BCUT2D eigenvalue weighted by atomic mass is 10.00. The minimum absolute atomic E-state index is 0.857. The average molecular weight is 624 g/mol. The van der Waals surface area contributed by atoms with Crippen molar-refractivity contribution < 1.29 is 0 Å². The van der Waals surface area contributed by atoms with Crippen LogP contribution in [0.25, 0.3) is 93.7 Å². The summed E-state index contributed by atoms with van der Waals surface area (Å²) < 4.78 is 2.39. The summed E-state index contributed by atoms with van der Waals surface area (Å²) in [5.74, 6) is 0. The lowest BCUT2D eigenvalue weighted by Crippen LogP contribution is -1.98. The van der Waals surface area contributed by atoms with Gasteiger partial charge in [-0.2, -0.15) is 0 Å². The van der Waals surface area contributed by atoms with Crippen molar-refractivity contribution in [2.45, 2.75) is 0 Å². The third-order valence-electron chi connectivity index (χ3n) is 9.76. The molecule has 0 aliphatic rings. The van der Waals surface area contributed by atoms with Gasteiger partial charge in [-0.1, -0.05) is 146 Å². The van der Waals surface area contributed by atoms with E-state index in [9.17, 15) is 0 Å². The van der Waals surface area contributed by atoms with Crippen LogP contribution < -0.4 is 0 Å². The third-order valence-corrected chi connectivity index (χ3v) is 9.76. The molecule has 0 fully saturated rings. The van der Waals surface area contributed by atoms with E-state index in [1.165, 1.54) is 54.5 Å². The first kappa shape index (κ1) is 27.5. The molecule has 10 aromatic rings. The molecule has 0 spiro atoms. The fourth-order valence-electron chi connectivity index (χ4n) is 7.46. The second-order valence-electron chi connectivity index (χ2n) is 12.6. The maximum atomic E-state index is 5.38. The molecule has 0 radical (unpaired) electrons. The Balaban J connectivity index is 1.22. The summed E-state index contributed by atoms with van der Waals surface area (Å²) in [5.41, 5.74) is 11.3. The van der Waals surface area contributed by atoms with Gasteiger partial charge in [-0.05, 0) is 63.0 Å². The minimum atomic E-state index is 0.857. The van der Waals surface area contributed by atoms with Crippen LogP contribution >= 0.6 is 0 Å². The molecule has 8 aromatic carbocycles. The molecule has 0 saturated carbocycles. The van der Waals surface area contributed by atoms with E-state index in [2.05, 4.69) is 168 Å². The van der Waals surface area contributed by atoms with Crippen molar-refractivity contribution in [3.05, 3.63) is 176 Å². The normalized spacial score (nSPS) is 11.7. The van der Waals surface area contributed by atoms with E-state index in [0.29, 0.717) is 0 Å². The first-order valence-corrected chi connectivity index (χ1v) is 16.7. The summed E-state index contributed by atoms with van der Waals surface area (Å²) in [7, 11) is 0. The smallest absolute Gasteiger partial charge is 0.0973 e. The van der Waals surface area contributed by atoms with E-state index in [1.54, 1.807) is 0 Å². The number of aromatic nitrogens is 3. The number of hydrogen-bond donors (Lipinski definition) is 0. The number of fused-ring (bicyclic) bond motifs is 8. The molecule has 2 aromatic heterocycles. The van der Waals surface area contributed by atoms with E-state index < -0.39 is 0 Å². The second-order valence-corrected chi connectivity index (χ2v) is 12.6. The maximum Gasteiger partial charge on any atom is 0.0973 e. The highest BCUT2D eigenvalue weighted by Crippen LogP contribution is 2.41. The van der Waals surface area contributed by atoms with E-state index in [0.717, 1.165) is 39.2 Å². The van der Waals surface area contributed by atoms with Crippen LogP contribution in [0.4, 0.5) is 0 Å². The van der Waals surface area contributed by atoms with Gasteiger partial charge >= 0.3 is 0 Å². The van der Waals surface area contributed by atoms with E-state index >= 15 is 0 Å². The summed E-state index contributed by atoms with van der Waals surface area (Å²) in [4.78, 5) is 10.6. The predicted molar refractivity (Wildman–Crippen MR) is 205 cm³/mol. The average Bonchev–Trinajstić information content (AvgIpc) is 3.53. The summed E-state index contributed by atoms with van der Waals surface area (Å²) in [6, 6.07) is 62.4. The van der Waals surface area contributed by atoms with Crippen molar-refractivity contribution in [3.8, 4) is 39.3 Å². The number of hydrogen-bond acceptors (Lipinski definition) is 2. The lowest BCUT2D eigenvalue weighted by Gasteiger charge is -2.13. The van der Waals surface area contributed by atoms with Crippen molar-refractivity contribution in [3.63, 3.8) is 0 Å². The first-order chi connectivity index (χ1) is 24.3. The topological polar surface area (TPSA) is 30.7 Å². The summed E-state index contributed by atoms with van der Waals surface area (Å²) in [6.07, 6.45) is 0. The monoisotopic (exact) mass is 623 g/mol. The molecule has 10 rings (SSSR count). The number of nitrogens with zero attached hydrogens (tertiary/aromatic N) is 3. The van der Waals surface area contributed by atoms with Crippen LogP contribution in [-0.4, -0.2) is 14.5 Å². The van der Waals surface area contributed by atoms with Crippen LogP contribution in [0.5, 0.6) is 0 Å². The third kappa shape index (κ3) is 4.44. The molecule has 0 atom stereocenters. The van der Waals surface area contributed by atoms with Gasteiger partial charge in [0.1, 0.15) is 0 Å². The van der Waals surface area contributed by atoms with Gasteiger partial charge in [-0.3, -0.25) is 0 Å². The van der Waals surface area contributed by atoms with Gasteiger partial charge in [-0.25, -0.2) is 9.97 Å². The van der Waals surface area contributed by atoms with Gasteiger partial charge in [0.05, 0.1) is 33.5 Å². The van der Waals surface area contributed by atoms with Crippen molar-refractivity contribution >= 4 is 54.4 Å². The Morgan fingerprint density at radius 2 is 0.816 bits per heavy atom. The van der Waals surface area contributed by atoms with Crippen molar-refractivity contribution in [2.75, 3.05) is 0 Å². The highest BCUT2D eigenvalue weighted by atomic mass is 15.0. The fraction of sp³-hybridized carbons (Fsp3) is 0. The van der Waals surface area contributed by atoms with Crippen LogP contribution in [0.15, 0.2) is 176 Å². The van der Waals surface area contributed by atoms with Crippen LogP contribution in [0.2, 0.25) is 0 Å². The highest BCUT2D eigenvalue weighted by molar-refractivity contribution is 6.28. The Morgan fingerprint density at radius 3 is 1.43 bits per heavy atom. The van der Waals surface area contributed by atoms with E-state index in [1.807, 2.05) is 12.1 Å². The fourth-order valence-corrected chi connectivity index (χ4v) is 7.46. The SMILES string of the molecule is c1ccc(-c2ccc(-c3nc4cc(-n5c6ccc7ccccc7c6c6c7ccccc7ccc65)ccc4nc3-c3ccccc3)cc2)cc1. The Hall–Kier alpha value is -6.58. The Bertz CT molecular complexity index is 2760. The zero-order chi connectivity index (χ0) is 32.3. The Kier molecular flexibility index (Phi) is 6.18. The molecule has 0 aliphatic carbocycles. The Morgan fingerprint density at radius 1 is 0.347 bits per heavy atom. The molecule has 3 nitrogen and oxygen atoms in total. The molecule has 0 aliphatic heterocycles. The highest BCUT2D eigenvalue weighted by Gasteiger charge is 2.19. The molecule has 0 unspecified atom stereocenters. The van der Waals surface area contributed by atoms with Crippen LogP contribution in [0, 0.1) is 0 Å². The molecule has 2 heterocycles. The van der Waals surface area contributed by atoms with Gasteiger partial charge in [0.2, 0.25) is 0 Å². The predicted octanol–water partition coefficient (Wildman–Crippen LogP) is 12.0. The number of benzene rings is 8. The summed E-state index contributed by atoms with van der Waals surface area (Å²) >= 11 is 0. The molecule has 0 saturated heterocycles. The minimum Gasteiger partial charge on any atom is -0.309 e. The molecule has 0 N–H and O–H groups in total. The van der Waals surface area contributed by atoms with Gasteiger partial charge in [0.25, 0.3) is 0 Å². The van der Waals surface area contributed by atoms with E-state index in [4.69, 9.17) is 9.97 Å². The molecule has 3 heteroatoms. The summed E-state index contributed by atoms with van der Waals surface area (Å²) in [6.45, 7) is 0. The van der Waals surface area contributed by atoms with Crippen molar-refractivity contribution in [1.82, 2.24) is 14.5 Å². The van der Waals surface area contributed by atoms with Gasteiger partial charge < -0.3 is 4.57 Å². The quantitative estimate of drug-likeness (QED) is 0.195. The van der Waals surface area contributed by atoms with Crippen molar-refractivity contribution in [1.29, 1.82) is 0 Å².